The van der Waals surface area contributed by atoms with E-state index >= 15 is 0 Å². The Morgan fingerprint density at radius 1 is 0.526 bits per heavy atom. The summed E-state index contributed by atoms with van der Waals surface area (Å²) >= 11 is -2.37. The molecule has 0 aliphatic carbocycles. The van der Waals surface area contributed by atoms with Crippen LogP contribution in [0.15, 0.2) is 60.7 Å². The molecule has 0 spiro atoms. The molecule has 3 rings (SSSR count). The van der Waals surface area contributed by atoms with Gasteiger partial charge in [0.05, 0.1) is 0 Å². The average Bonchev–Trinajstić information content (AvgIpc) is 2.76. The van der Waals surface area contributed by atoms with Gasteiger partial charge >= 0.3 is 121 Å². The van der Waals surface area contributed by atoms with Crippen molar-refractivity contribution in [1.29, 1.82) is 0 Å². The van der Waals surface area contributed by atoms with Crippen LogP contribution in [-0.2, 0) is 0 Å². The van der Waals surface area contributed by atoms with Crippen molar-refractivity contribution in [1.82, 2.24) is 0 Å². The van der Waals surface area contributed by atoms with E-state index < -0.39 is 18.4 Å². The second-order valence-corrected chi connectivity index (χ2v) is 18.1. The minimum absolute atomic E-state index is 1.44. The van der Waals surface area contributed by atoms with Crippen molar-refractivity contribution < 1.29 is 0 Å². The fraction of sp³-hybridized carbons (Fsp3) is 0.333. The SMILES string of the molecule is c1cc[c]([Sn]2([c]3ccccc3)[CH2]CCCC[CH2]2)cc1. The Labute approximate surface area is 120 Å². The van der Waals surface area contributed by atoms with Crippen LogP contribution in [0.1, 0.15) is 25.7 Å². The van der Waals surface area contributed by atoms with Gasteiger partial charge in [0, 0.05) is 0 Å². The molecule has 0 nitrogen and oxygen atoms in total. The molecule has 0 unspecified atom stereocenters. The molecule has 98 valence electrons. The van der Waals surface area contributed by atoms with Crippen LogP contribution in [-0.4, -0.2) is 18.4 Å². The normalized spacial score (nSPS) is 18.7. The van der Waals surface area contributed by atoms with Crippen LogP contribution in [0.25, 0.3) is 0 Å². The van der Waals surface area contributed by atoms with E-state index in [1.54, 1.807) is 7.16 Å². The molecule has 0 aromatic heterocycles. The van der Waals surface area contributed by atoms with Crippen molar-refractivity contribution in [3.63, 3.8) is 0 Å². The van der Waals surface area contributed by atoms with Gasteiger partial charge in [-0.15, -0.1) is 0 Å². The molecule has 0 saturated carbocycles. The van der Waals surface area contributed by atoms with Crippen LogP contribution in [0, 0.1) is 0 Å². The van der Waals surface area contributed by atoms with E-state index in [1.165, 1.54) is 34.6 Å². The van der Waals surface area contributed by atoms with E-state index in [1.807, 2.05) is 0 Å². The molecular formula is C18H22Sn. The molecule has 0 atom stereocenters. The van der Waals surface area contributed by atoms with Crippen molar-refractivity contribution in [2.45, 2.75) is 34.6 Å². The van der Waals surface area contributed by atoms with Crippen LogP contribution in [0.4, 0.5) is 0 Å². The van der Waals surface area contributed by atoms with Gasteiger partial charge in [0.2, 0.25) is 0 Å². The summed E-state index contributed by atoms with van der Waals surface area (Å²) in [5.74, 6) is 0. The van der Waals surface area contributed by atoms with Crippen LogP contribution >= 0.6 is 0 Å². The van der Waals surface area contributed by atoms with Crippen molar-refractivity contribution in [3.05, 3.63) is 60.7 Å². The van der Waals surface area contributed by atoms with Crippen molar-refractivity contribution in [2.75, 3.05) is 0 Å². The molecule has 2 aromatic carbocycles. The van der Waals surface area contributed by atoms with E-state index in [2.05, 4.69) is 60.7 Å². The molecule has 1 heteroatoms. The molecular weight excluding hydrogens is 335 g/mol. The number of hydrogen-bond acceptors (Lipinski definition) is 0. The topological polar surface area (TPSA) is 0 Å². The monoisotopic (exact) mass is 358 g/mol. The van der Waals surface area contributed by atoms with Crippen LogP contribution in [0.2, 0.25) is 8.87 Å². The predicted molar refractivity (Wildman–Crippen MR) is 86.0 cm³/mol. The third-order valence-electron chi connectivity index (χ3n) is 4.61. The molecule has 0 bridgehead atoms. The quantitative estimate of drug-likeness (QED) is 0.717. The first-order valence-corrected chi connectivity index (χ1v) is 14.4. The Balaban J connectivity index is 2.09. The summed E-state index contributed by atoms with van der Waals surface area (Å²) in [7, 11) is 0. The number of hydrogen-bond donors (Lipinski definition) is 0. The maximum absolute atomic E-state index is 2.41. The summed E-state index contributed by atoms with van der Waals surface area (Å²) in [6.07, 6.45) is 5.77. The van der Waals surface area contributed by atoms with E-state index in [-0.39, 0.29) is 0 Å². The molecule has 0 amide bonds. The molecule has 19 heavy (non-hydrogen) atoms. The van der Waals surface area contributed by atoms with Crippen LogP contribution in [0.5, 0.6) is 0 Å². The zero-order valence-electron chi connectivity index (χ0n) is 11.5. The number of rotatable bonds is 2. The summed E-state index contributed by atoms with van der Waals surface area (Å²) in [6, 6.07) is 22.9. The van der Waals surface area contributed by atoms with Crippen LogP contribution in [0.3, 0.4) is 0 Å². The van der Waals surface area contributed by atoms with Gasteiger partial charge in [-0.3, -0.25) is 0 Å². The maximum atomic E-state index is 2.41. The Hall–Kier alpha value is -0.761. The third-order valence-corrected chi connectivity index (χ3v) is 19.7. The fourth-order valence-electron chi connectivity index (χ4n) is 3.59. The van der Waals surface area contributed by atoms with Gasteiger partial charge in [0.25, 0.3) is 0 Å². The average molecular weight is 357 g/mol. The summed E-state index contributed by atoms with van der Waals surface area (Å²) in [4.78, 5) is 0. The van der Waals surface area contributed by atoms with E-state index in [0.29, 0.717) is 0 Å². The van der Waals surface area contributed by atoms with Crippen molar-refractivity contribution in [2.24, 2.45) is 0 Å². The molecule has 1 fully saturated rings. The second kappa shape index (κ2) is 6.13. The van der Waals surface area contributed by atoms with Gasteiger partial charge < -0.3 is 0 Å². The Morgan fingerprint density at radius 3 is 1.37 bits per heavy atom. The van der Waals surface area contributed by atoms with Gasteiger partial charge in [-0.05, 0) is 0 Å². The summed E-state index contributed by atoms with van der Waals surface area (Å²) in [6.45, 7) is 0. The van der Waals surface area contributed by atoms with Gasteiger partial charge in [-0.25, -0.2) is 0 Å². The molecule has 2 aromatic rings. The second-order valence-electron chi connectivity index (χ2n) is 5.73. The van der Waals surface area contributed by atoms with Gasteiger partial charge in [0.15, 0.2) is 0 Å². The third kappa shape index (κ3) is 2.74. The zero-order chi connectivity index (χ0) is 13.0. The fourth-order valence-corrected chi connectivity index (χ4v) is 18.2. The Bertz CT molecular complexity index is 454. The van der Waals surface area contributed by atoms with Crippen LogP contribution < -0.4 is 7.16 Å². The summed E-state index contributed by atoms with van der Waals surface area (Å²) < 4.78 is 6.43. The number of benzene rings is 2. The van der Waals surface area contributed by atoms with Gasteiger partial charge in [-0.2, -0.15) is 0 Å². The zero-order valence-corrected chi connectivity index (χ0v) is 14.4. The molecule has 0 radical (unpaired) electrons. The summed E-state index contributed by atoms with van der Waals surface area (Å²) in [5, 5.41) is 0. The van der Waals surface area contributed by atoms with Crippen molar-refractivity contribution in [3.8, 4) is 0 Å². The van der Waals surface area contributed by atoms with E-state index in [0.717, 1.165) is 0 Å². The van der Waals surface area contributed by atoms with E-state index in [4.69, 9.17) is 0 Å². The Morgan fingerprint density at radius 2 is 0.947 bits per heavy atom. The summed E-state index contributed by atoms with van der Waals surface area (Å²) in [5.41, 5.74) is 0. The first-order chi connectivity index (χ1) is 9.42. The Kier molecular flexibility index (Phi) is 4.27. The standard InChI is InChI=1S/2C6H5.C6H12.Sn/c2*1-2-4-6-5-3-1;1-3-5-6-4-2;/h2*1-5H;1-6H2;. The molecule has 1 aliphatic rings. The molecule has 1 saturated heterocycles. The minimum atomic E-state index is -2.37. The first-order valence-electron chi connectivity index (χ1n) is 7.53. The van der Waals surface area contributed by atoms with Crippen molar-refractivity contribution >= 4 is 25.5 Å². The molecule has 1 heterocycles. The van der Waals surface area contributed by atoms with Gasteiger partial charge in [0.1, 0.15) is 0 Å². The molecule has 0 N–H and O–H groups in total. The molecule has 1 aliphatic heterocycles. The predicted octanol–water partition coefficient (Wildman–Crippen LogP) is 3.82. The first kappa shape index (κ1) is 13.2. The van der Waals surface area contributed by atoms with Gasteiger partial charge in [-0.1, -0.05) is 0 Å². The van der Waals surface area contributed by atoms with E-state index in [9.17, 15) is 0 Å².